The first kappa shape index (κ1) is 19.4. The van der Waals surface area contributed by atoms with Crippen molar-refractivity contribution in [3.05, 3.63) is 77.4 Å². The number of fused-ring (bicyclic) bond motifs is 1. The summed E-state index contributed by atoms with van der Waals surface area (Å²) in [5.74, 6) is -0.239. The molecule has 4 heterocycles. The smallest absolute Gasteiger partial charge is 0.194 e. The average Bonchev–Trinajstić information content (AvgIpc) is 3.49. The van der Waals surface area contributed by atoms with E-state index in [2.05, 4.69) is 26.5 Å². The third kappa shape index (κ3) is 4.14. The van der Waals surface area contributed by atoms with Gasteiger partial charge in [-0.1, -0.05) is 6.07 Å². The van der Waals surface area contributed by atoms with E-state index in [0.717, 1.165) is 60.1 Å². The summed E-state index contributed by atoms with van der Waals surface area (Å²) >= 11 is 1.61. The van der Waals surface area contributed by atoms with Gasteiger partial charge in [-0.2, -0.15) is 0 Å². The van der Waals surface area contributed by atoms with Gasteiger partial charge in [-0.15, -0.1) is 11.3 Å². The summed E-state index contributed by atoms with van der Waals surface area (Å²) in [7, 11) is 0. The number of ether oxygens (including phenoxy) is 1. The third-order valence-corrected chi connectivity index (χ3v) is 6.21. The Morgan fingerprint density at radius 2 is 2.07 bits per heavy atom. The molecule has 5 nitrogen and oxygen atoms in total. The van der Waals surface area contributed by atoms with Crippen LogP contribution in [0.15, 0.2) is 60.2 Å². The zero-order valence-corrected chi connectivity index (χ0v) is 17.4. The maximum absolute atomic E-state index is 13.5. The maximum atomic E-state index is 13.5. The lowest BCUT2D eigenvalue weighted by Crippen LogP contribution is -2.32. The Kier molecular flexibility index (Phi) is 5.57. The molecule has 1 saturated heterocycles. The lowest BCUT2D eigenvalue weighted by molar-refractivity contribution is 0.0670. The van der Waals surface area contributed by atoms with Gasteiger partial charge < -0.3 is 4.74 Å². The van der Waals surface area contributed by atoms with Crippen LogP contribution in [0.3, 0.4) is 0 Å². The Bertz CT molecular complexity index is 1100. The molecule has 7 heteroatoms. The van der Waals surface area contributed by atoms with Gasteiger partial charge in [0.15, 0.2) is 4.96 Å². The van der Waals surface area contributed by atoms with Gasteiger partial charge in [0.1, 0.15) is 5.82 Å². The minimum atomic E-state index is -0.239. The van der Waals surface area contributed by atoms with Crippen molar-refractivity contribution in [1.29, 1.82) is 0 Å². The van der Waals surface area contributed by atoms with Crippen molar-refractivity contribution >= 4 is 16.3 Å². The molecule has 1 atom stereocenters. The standard InChI is InChI=1S/C23H23FN4OS/c24-18-8-6-17(7-9-18)22-21(28-11-13-30-23(28)26-22)16-27(15-20-5-3-12-29-20)14-19-4-1-2-10-25-19/h1-2,4,6-11,13,20H,3,5,12,14-16H2. The van der Waals surface area contributed by atoms with Crippen LogP contribution in [0.4, 0.5) is 4.39 Å². The van der Waals surface area contributed by atoms with Gasteiger partial charge in [0, 0.05) is 49.6 Å². The highest BCUT2D eigenvalue weighted by Gasteiger charge is 2.23. The fourth-order valence-corrected chi connectivity index (χ4v) is 4.75. The molecule has 0 bridgehead atoms. The van der Waals surface area contributed by atoms with Crippen LogP contribution in [0, 0.1) is 5.82 Å². The summed E-state index contributed by atoms with van der Waals surface area (Å²) in [6.45, 7) is 3.13. The molecule has 1 fully saturated rings. The summed E-state index contributed by atoms with van der Waals surface area (Å²) in [4.78, 5) is 12.7. The molecule has 1 aliphatic heterocycles. The summed E-state index contributed by atoms with van der Waals surface area (Å²) in [6.07, 6.45) is 6.34. The van der Waals surface area contributed by atoms with Gasteiger partial charge in [-0.05, 0) is 49.2 Å². The van der Waals surface area contributed by atoms with E-state index >= 15 is 0 Å². The fourth-order valence-electron chi connectivity index (χ4n) is 4.02. The summed E-state index contributed by atoms with van der Waals surface area (Å²) in [6, 6.07) is 12.6. The number of thiazole rings is 1. The molecule has 1 aliphatic rings. The Morgan fingerprint density at radius 1 is 1.17 bits per heavy atom. The molecule has 0 aliphatic carbocycles. The number of pyridine rings is 1. The Hall–Kier alpha value is -2.61. The quantitative estimate of drug-likeness (QED) is 0.430. The molecule has 1 aromatic carbocycles. The number of nitrogens with zero attached hydrogens (tertiary/aromatic N) is 4. The molecule has 0 saturated carbocycles. The first-order valence-corrected chi connectivity index (χ1v) is 11.1. The Morgan fingerprint density at radius 3 is 2.83 bits per heavy atom. The second-order valence-corrected chi connectivity index (χ2v) is 8.47. The minimum absolute atomic E-state index is 0.239. The topological polar surface area (TPSA) is 42.7 Å². The predicted molar refractivity (Wildman–Crippen MR) is 116 cm³/mol. The lowest BCUT2D eigenvalue weighted by Gasteiger charge is -2.25. The SMILES string of the molecule is Fc1ccc(-c2nc3sccn3c2CN(Cc2ccccn2)CC2CCCO2)cc1. The molecule has 0 radical (unpaired) electrons. The number of benzene rings is 1. The van der Waals surface area contributed by atoms with E-state index in [4.69, 9.17) is 9.72 Å². The Balaban J connectivity index is 1.49. The molecule has 5 rings (SSSR count). The predicted octanol–water partition coefficient (Wildman–Crippen LogP) is 4.78. The zero-order chi connectivity index (χ0) is 20.3. The van der Waals surface area contributed by atoms with E-state index < -0.39 is 0 Å². The van der Waals surface area contributed by atoms with Crippen molar-refractivity contribution in [3.63, 3.8) is 0 Å². The summed E-state index contributed by atoms with van der Waals surface area (Å²) in [5.41, 5.74) is 3.97. The van der Waals surface area contributed by atoms with Crippen molar-refractivity contribution in [2.45, 2.75) is 32.0 Å². The number of hydrogen-bond acceptors (Lipinski definition) is 5. The molecule has 1 unspecified atom stereocenters. The van der Waals surface area contributed by atoms with Crippen molar-refractivity contribution in [3.8, 4) is 11.3 Å². The Labute approximate surface area is 178 Å². The highest BCUT2D eigenvalue weighted by atomic mass is 32.1. The molecule has 30 heavy (non-hydrogen) atoms. The van der Waals surface area contributed by atoms with Crippen molar-refractivity contribution in [2.24, 2.45) is 0 Å². The van der Waals surface area contributed by atoms with Crippen LogP contribution in [0.25, 0.3) is 16.2 Å². The van der Waals surface area contributed by atoms with E-state index in [0.29, 0.717) is 6.54 Å². The summed E-state index contributed by atoms with van der Waals surface area (Å²) in [5, 5.41) is 2.05. The largest absolute Gasteiger partial charge is 0.377 e. The van der Waals surface area contributed by atoms with Crippen LogP contribution < -0.4 is 0 Å². The van der Waals surface area contributed by atoms with E-state index in [1.165, 1.54) is 12.1 Å². The molecule has 0 N–H and O–H groups in total. The van der Waals surface area contributed by atoms with Crippen LogP contribution in [-0.4, -0.2) is 38.5 Å². The normalized spacial score (nSPS) is 16.7. The highest BCUT2D eigenvalue weighted by molar-refractivity contribution is 7.15. The van der Waals surface area contributed by atoms with Crippen molar-refractivity contribution in [1.82, 2.24) is 19.3 Å². The second-order valence-electron chi connectivity index (χ2n) is 7.60. The second kappa shape index (κ2) is 8.63. The number of halogens is 1. The minimum Gasteiger partial charge on any atom is -0.377 e. The molecular weight excluding hydrogens is 399 g/mol. The monoisotopic (exact) mass is 422 g/mol. The first-order valence-electron chi connectivity index (χ1n) is 10.2. The third-order valence-electron chi connectivity index (χ3n) is 5.45. The molecular formula is C23H23FN4OS. The van der Waals surface area contributed by atoms with Gasteiger partial charge in [-0.3, -0.25) is 14.3 Å². The summed E-state index contributed by atoms with van der Waals surface area (Å²) < 4.78 is 21.5. The molecule has 154 valence electrons. The van der Waals surface area contributed by atoms with Crippen LogP contribution in [-0.2, 0) is 17.8 Å². The molecule has 0 spiro atoms. The van der Waals surface area contributed by atoms with Gasteiger partial charge in [0.25, 0.3) is 0 Å². The number of rotatable bonds is 7. The van der Waals surface area contributed by atoms with Crippen molar-refractivity contribution < 1.29 is 9.13 Å². The average molecular weight is 423 g/mol. The van der Waals surface area contributed by atoms with Gasteiger partial charge in [0.05, 0.1) is 23.2 Å². The number of aromatic nitrogens is 3. The van der Waals surface area contributed by atoms with Crippen LogP contribution >= 0.6 is 11.3 Å². The fraction of sp³-hybridized carbons (Fsp3) is 0.304. The van der Waals surface area contributed by atoms with E-state index in [1.54, 1.807) is 23.5 Å². The lowest BCUT2D eigenvalue weighted by atomic mass is 10.1. The van der Waals surface area contributed by atoms with E-state index in [-0.39, 0.29) is 11.9 Å². The van der Waals surface area contributed by atoms with E-state index in [1.807, 2.05) is 23.7 Å². The van der Waals surface area contributed by atoms with E-state index in [9.17, 15) is 4.39 Å². The van der Waals surface area contributed by atoms with Crippen molar-refractivity contribution in [2.75, 3.05) is 13.2 Å². The van der Waals surface area contributed by atoms with Crippen LogP contribution in [0.2, 0.25) is 0 Å². The van der Waals surface area contributed by atoms with Crippen LogP contribution in [0.1, 0.15) is 24.2 Å². The van der Waals surface area contributed by atoms with Gasteiger partial charge in [-0.25, -0.2) is 9.37 Å². The molecule has 3 aromatic heterocycles. The molecule has 0 amide bonds. The zero-order valence-electron chi connectivity index (χ0n) is 16.6. The first-order chi connectivity index (χ1) is 14.8. The highest BCUT2D eigenvalue weighted by Crippen LogP contribution is 2.29. The number of imidazole rings is 1. The van der Waals surface area contributed by atoms with Gasteiger partial charge >= 0.3 is 0 Å². The van der Waals surface area contributed by atoms with Crippen LogP contribution in [0.5, 0.6) is 0 Å². The maximum Gasteiger partial charge on any atom is 0.194 e. The molecule has 4 aromatic rings. The number of hydrogen-bond donors (Lipinski definition) is 0. The van der Waals surface area contributed by atoms with Gasteiger partial charge in [0.2, 0.25) is 0 Å².